The Kier molecular flexibility index (Phi) is 1.87. The predicted molar refractivity (Wildman–Crippen MR) is 61.6 cm³/mol. The molecular formula is C12H13N3O. The number of aryl methyl sites for hydroxylation is 2. The van der Waals surface area contributed by atoms with Gasteiger partial charge in [-0.3, -0.25) is 4.79 Å². The normalized spacial score (nSPS) is 19.0. The maximum absolute atomic E-state index is 11.9. The van der Waals surface area contributed by atoms with Crippen molar-refractivity contribution in [3.8, 4) is 0 Å². The van der Waals surface area contributed by atoms with Crippen LogP contribution in [0.1, 0.15) is 30.7 Å². The van der Waals surface area contributed by atoms with Gasteiger partial charge in [-0.1, -0.05) is 6.92 Å². The summed E-state index contributed by atoms with van der Waals surface area (Å²) in [7, 11) is 0. The second kappa shape index (κ2) is 3.14. The molecule has 3 heterocycles. The van der Waals surface area contributed by atoms with Crippen molar-refractivity contribution in [2.45, 2.75) is 32.7 Å². The Morgan fingerprint density at radius 3 is 3.12 bits per heavy atom. The predicted octanol–water partition coefficient (Wildman–Crippen LogP) is 1.61. The molecule has 4 heteroatoms. The van der Waals surface area contributed by atoms with Crippen LogP contribution in [0.4, 0.5) is 0 Å². The van der Waals surface area contributed by atoms with Crippen molar-refractivity contribution < 1.29 is 0 Å². The molecule has 0 bridgehead atoms. The smallest absolute Gasteiger partial charge is 0.209 e. The van der Waals surface area contributed by atoms with Crippen molar-refractivity contribution in [1.82, 2.24) is 14.5 Å². The lowest BCUT2D eigenvalue weighted by Crippen LogP contribution is -2.13. The first kappa shape index (κ1) is 9.51. The molecule has 1 aliphatic heterocycles. The zero-order chi connectivity index (χ0) is 11.3. The summed E-state index contributed by atoms with van der Waals surface area (Å²) in [6.07, 6.45) is 2.80. The van der Waals surface area contributed by atoms with Gasteiger partial charge in [-0.05, 0) is 19.3 Å². The molecule has 1 aliphatic rings. The Hall–Kier alpha value is -1.71. The summed E-state index contributed by atoms with van der Waals surface area (Å²) in [5, 5.41) is 0. The van der Waals surface area contributed by atoms with Crippen molar-refractivity contribution in [2.75, 3.05) is 0 Å². The van der Waals surface area contributed by atoms with Crippen molar-refractivity contribution >= 4 is 11.2 Å². The van der Waals surface area contributed by atoms with Gasteiger partial charge in [0.15, 0.2) is 11.2 Å². The topological polar surface area (TPSA) is 47.8 Å². The van der Waals surface area contributed by atoms with E-state index in [1.165, 1.54) is 0 Å². The van der Waals surface area contributed by atoms with Crippen molar-refractivity contribution in [1.29, 1.82) is 0 Å². The number of pyridine rings is 1. The van der Waals surface area contributed by atoms with Gasteiger partial charge in [0.05, 0.1) is 11.9 Å². The number of aromatic nitrogens is 3. The molecule has 16 heavy (non-hydrogen) atoms. The lowest BCUT2D eigenvalue weighted by atomic mass is 10.1. The molecule has 0 spiro atoms. The van der Waals surface area contributed by atoms with Gasteiger partial charge in [-0.25, -0.2) is 9.97 Å². The van der Waals surface area contributed by atoms with Crippen LogP contribution in [0.3, 0.4) is 0 Å². The molecule has 2 aromatic heterocycles. The summed E-state index contributed by atoms with van der Waals surface area (Å²) in [5.41, 5.74) is 3.10. The van der Waals surface area contributed by atoms with Crippen LogP contribution in [0.2, 0.25) is 0 Å². The van der Waals surface area contributed by atoms with E-state index in [1.807, 2.05) is 6.92 Å². The van der Waals surface area contributed by atoms with E-state index in [2.05, 4.69) is 21.5 Å². The number of fused-ring (bicyclic) bond motifs is 3. The van der Waals surface area contributed by atoms with E-state index < -0.39 is 0 Å². The van der Waals surface area contributed by atoms with Crippen LogP contribution in [0, 0.1) is 6.92 Å². The molecule has 0 fully saturated rings. The Morgan fingerprint density at radius 1 is 1.50 bits per heavy atom. The highest BCUT2D eigenvalue weighted by molar-refractivity contribution is 5.70. The Labute approximate surface area is 93.0 Å². The molecule has 1 atom stereocenters. The molecule has 82 valence electrons. The Morgan fingerprint density at radius 2 is 2.31 bits per heavy atom. The first-order valence-corrected chi connectivity index (χ1v) is 5.54. The number of hydrogen-bond acceptors (Lipinski definition) is 3. The second-order valence-corrected chi connectivity index (χ2v) is 4.46. The van der Waals surface area contributed by atoms with Crippen LogP contribution in [0.25, 0.3) is 11.2 Å². The minimum Gasteiger partial charge on any atom is -0.328 e. The van der Waals surface area contributed by atoms with Crippen LogP contribution in [-0.4, -0.2) is 14.5 Å². The van der Waals surface area contributed by atoms with Gasteiger partial charge >= 0.3 is 0 Å². The fraction of sp³-hybridized carbons (Fsp3) is 0.417. The second-order valence-electron chi connectivity index (χ2n) is 4.46. The molecule has 0 saturated carbocycles. The third-order valence-electron chi connectivity index (χ3n) is 3.24. The van der Waals surface area contributed by atoms with E-state index in [0.29, 0.717) is 11.4 Å². The molecule has 0 saturated heterocycles. The van der Waals surface area contributed by atoms with Gasteiger partial charge in [0.25, 0.3) is 0 Å². The summed E-state index contributed by atoms with van der Waals surface area (Å²) >= 11 is 0. The van der Waals surface area contributed by atoms with Gasteiger partial charge in [0.1, 0.15) is 0 Å². The van der Waals surface area contributed by atoms with Crippen LogP contribution in [0.15, 0.2) is 17.1 Å². The molecule has 3 rings (SSSR count). The highest BCUT2D eigenvalue weighted by atomic mass is 16.1. The van der Waals surface area contributed by atoms with Gasteiger partial charge in [0, 0.05) is 18.3 Å². The number of nitrogens with zero attached hydrogens (tertiary/aromatic N) is 3. The number of hydrogen-bond donors (Lipinski definition) is 0. The fourth-order valence-corrected chi connectivity index (χ4v) is 2.35. The zero-order valence-corrected chi connectivity index (χ0v) is 9.40. The molecule has 0 aliphatic carbocycles. The summed E-state index contributed by atoms with van der Waals surface area (Å²) in [4.78, 5) is 20.6. The van der Waals surface area contributed by atoms with Crippen molar-refractivity contribution in [2.24, 2.45) is 0 Å². The molecular weight excluding hydrogens is 202 g/mol. The van der Waals surface area contributed by atoms with Crippen LogP contribution >= 0.6 is 0 Å². The van der Waals surface area contributed by atoms with Crippen molar-refractivity contribution in [3.63, 3.8) is 0 Å². The maximum atomic E-state index is 11.9. The molecule has 0 aromatic carbocycles. The van der Waals surface area contributed by atoms with Crippen LogP contribution < -0.4 is 5.43 Å². The third-order valence-corrected chi connectivity index (χ3v) is 3.24. The molecule has 0 radical (unpaired) electrons. The monoisotopic (exact) mass is 215 g/mol. The molecule has 0 N–H and O–H groups in total. The Bertz CT molecular complexity index is 630. The van der Waals surface area contributed by atoms with E-state index in [4.69, 9.17) is 0 Å². The summed E-state index contributed by atoms with van der Waals surface area (Å²) < 4.78 is 2.12. The van der Waals surface area contributed by atoms with Crippen LogP contribution in [-0.2, 0) is 6.54 Å². The zero-order valence-electron chi connectivity index (χ0n) is 9.40. The first-order chi connectivity index (χ1) is 7.66. The van der Waals surface area contributed by atoms with E-state index in [-0.39, 0.29) is 5.43 Å². The fourth-order valence-electron chi connectivity index (χ4n) is 2.35. The molecule has 0 amide bonds. The minimum absolute atomic E-state index is 0.00815. The summed E-state index contributed by atoms with van der Waals surface area (Å²) in [5.74, 6) is 0.445. The maximum Gasteiger partial charge on any atom is 0.209 e. The van der Waals surface area contributed by atoms with Crippen molar-refractivity contribution in [3.05, 3.63) is 33.9 Å². The van der Waals surface area contributed by atoms with E-state index in [1.54, 1.807) is 12.3 Å². The van der Waals surface area contributed by atoms with E-state index >= 15 is 0 Å². The quantitative estimate of drug-likeness (QED) is 0.670. The van der Waals surface area contributed by atoms with Gasteiger partial charge in [-0.15, -0.1) is 0 Å². The molecule has 2 aromatic rings. The van der Waals surface area contributed by atoms with Gasteiger partial charge in [0.2, 0.25) is 5.43 Å². The summed E-state index contributed by atoms with van der Waals surface area (Å²) in [6, 6.07) is 1.72. The lowest BCUT2D eigenvalue weighted by molar-refractivity contribution is 0.711. The summed E-state index contributed by atoms with van der Waals surface area (Å²) in [6.45, 7) is 4.93. The molecule has 1 unspecified atom stereocenters. The average molecular weight is 215 g/mol. The van der Waals surface area contributed by atoms with E-state index in [0.717, 1.165) is 30.0 Å². The Balaban J connectivity index is 2.46. The largest absolute Gasteiger partial charge is 0.328 e. The standard InChI is InChI=1S/C12H13N3O/c1-7-3-4-15-9(7)5-10(16)11-12(15)13-6-8(2)14-11/h5-7H,3-4H2,1-2H3. The minimum atomic E-state index is -0.00815. The van der Waals surface area contributed by atoms with Gasteiger partial charge in [-0.2, -0.15) is 0 Å². The first-order valence-electron chi connectivity index (χ1n) is 5.54. The van der Waals surface area contributed by atoms with Gasteiger partial charge < -0.3 is 4.57 Å². The third kappa shape index (κ3) is 1.19. The highest BCUT2D eigenvalue weighted by Gasteiger charge is 2.21. The number of rotatable bonds is 0. The van der Waals surface area contributed by atoms with E-state index in [9.17, 15) is 4.79 Å². The SMILES string of the molecule is Cc1cnc2c(n1)c(=O)cc1n2CCC1C. The highest BCUT2D eigenvalue weighted by Crippen LogP contribution is 2.28. The molecule has 4 nitrogen and oxygen atoms in total. The van der Waals surface area contributed by atoms with Crippen LogP contribution in [0.5, 0.6) is 0 Å². The average Bonchev–Trinajstić information content (AvgIpc) is 2.61. The lowest BCUT2D eigenvalue weighted by Gasteiger charge is -2.08.